The van der Waals surface area contributed by atoms with Gasteiger partial charge in [-0.2, -0.15) is 0 Å². The third-order valence-corrected chi connectivity index (χ3v) is 8.38. The first-order chi connectivity index (χ1) is 22.3. The fourth-order valence-corrected chi connectivity index (χ4v) is 6.12. The first kappa shape index (κ1) is 25.3. The van der Waals surface area contributed by atoms with Crippen LogP contribution in [0, 0.1) is 0 Å². The molecule has 0 bridgehead atoms. The quantitative estimate of drug-likeness (QED) is 0.209. The summed E-state index contributed by atoms with van der Waals surface area (Å²) in [6.45, 7) is 0. The van der Waals surface area contributed by atoms with Crippen molar-refractivity contribution >= 4 is 43.5 Å². The number of benzene rings is 6. The van der Waals surface area contributed by atoms with Gasteiger partial charge in [-0.25, -0.2) is 15.0 Å². The van der Waals surface area contributed by atoms with E-state index in [0.29, 0.717) is 23.1 Å². The van der Waals surface area contributed by atoms with E-state index in [0.717, 1.165) is 49.6 Å². The van der Waals surface area contributed by atoms with Crippen LogP contribution in [0.4, 0.5) is 0 Å². The van der Waals surface area contributed by atoms with Gasteiger partial charge < -0.3 is 4.42 Å². The summed E-state index contributed by atoms with van der Waals surface area (Å²) in [7, 11) is 0. The number of hydrogen-bond acceptors (Lipinski definition) is 5. The summed E-state index contributed by atoms with van der Waals surface area (Å²) in [5, 5.41) is 6.64. The van der Waals surface area contributed by atoms with Crippen molar-refractivity contribution < 1.29 is 4.42 Å². The van der Waals surface area contributed by atoms with Gasteiger partial charge in [0.15, 0.2) is 23.1 Å². The Morgan fingerprint density at radius 2 is 0.978 bits per heavy atom. The molecular weight excluding hydrogens is 552 g/mol. The summed E-state index contributed by atoms with van der Waals surface area (Å²) in [6.07, 6.45) is 3.58. The highest BCUT2D eigenvalue weighted by atomic mass is 16.3. The SMILES string of the molecule is c1ccc(-c2nc(-c3ccc4ccccc4c3)nc(-c3cncc4oc5cc(-c6ccc7ccccc7c6)ccc5c34)n2)cc1. The molecule has 0 unspecified atom stereocenters. The summed E-state index contributed by atoms with van der Waals surface area (Å²) < 4.78 is 6.41. The Hall–Kier alpha value is -6.20. The molecule has 0 atom stereocenters. The molecular formula is C40H24N4O. The van der Waals surface area contributed by atoms with E-state index in [1.807, 2.05) is 48.7 Å². The maximum atomic E-state index is 6.41. The molecule has 0 amide bonds. The summed E-state index contributed by atoms with van der Waals surface area (Å²) in [6, 6.07) is 45.9. The van der Waals surface area contributed by atoms with Gasteiger partial charge in [-0.1, -0.05) is 109 Å². The minimum absolute atomic E-state index is 0.548. The van der Waals surface area contributed by atoms with Gasteiger partial charge in [0.25, 0.3) is 0 Å². The number of furan rings is 1. The van der Waals surface area contributed by atoms with E-state index >= 15 is 0 Å². The highest BCUT2D eigenvalue weighted by Gasteiger charge is 2.19. The van der Waals surface area contributed by atoms with Gasteiger partial charge in [-0.3, -0.25) is 4.98 Å². The third-order valence-electron chi connectivity index (χ3n) is 8.38. The van der Waals surface area contributed by atoms with Crippen molar-refractivity contribution in [2.45, 2.75) is 0 Å². The van der Waals surface area contributed by atoms with Crippen LogP contribution in [0.15, 0.2) is 150 Å². The Balaban J connectivity index is 1.23. The smallest absolute Gasteiger partial charge is 0.166 e. The van der Waals surface area contributed by atoms with Gasteiger partial charge in [-0.05, 0) is 56.9 Å². The zero-order valence-electron chi connectivity index (χ0n) is 24.1. The Kier molecular flexibility index (Phi) is 5.74. The van der Waals surface area contributed by atoms with E-state index in [1.165, 1.54) is 16.2 Å². The molecule has 0 aliphatic heterocycles. The molecule has 0 aliphatic carbocycles. The zero-order valence-corrected chi connectivity index (χ0v) is 24.1. The lowest BCUT2D eigenvalue weighted by Crippen LogP contribution is -2.00. The average Bonchev–Trinajstić information content (AvgIpc) is 3.49. The van der Waals surface area contributed by atoms with Crippen molar-refractivity contribution in [2.75, 3.05) is 0 Å². The Labute approximate surface area is 258 Å². The number of nitrogens with zero attached hydrogens (tertiary/aromatic N) is 4. The van der Waals surface area contributed by atoms with Gasteiger partial charge in [0.1, 0.15) is 5.58 Å². The van der Waals surface area contributed by atoms with Crippen molar-refractivity contribution in [3.63, 3.8) is 0 Å². The molecule has 5 nitrogen and oxygen atoms in total. The van der Waals surface area contributed by atoms with E-state index in [1.54, 1.807) is 6.20 Å². The predicted molar refractivity (Wildman–Crippen MR) is 182 cm³/mol. The fraction of sp³-hybridized carbons (Fsp3) is 0. The van der Waals surface area contributed by atoms with Crippen LogP contribution in [0.3, 0.4) is 0 Å². The number of fused-ring (bicyclic) bond motifs is 5. The molecule has 3 aromatic heterocycles. The molecule has 3 heterocycles. The summed E-state index contributed by atoms with van der Waals surface area (Å²) >= 11 is 0. The Bertz CT molecular complexity index is 2550. The van der Waals surface area contributed by atoms with E-state index < -0.39 is 0 Å². The fourth-order valence-electron chi connectivity index (χ4n) is 6.12. The van der Waals surface area contributed by atoms with E-state index in [9.17, 15) is 0 Å². The number of hydrogen-bond donors (Lipinski definition) is 0. The van der Waals surface area contributed by atoms with Crippen LogP contribution >= 0.6 is 0 Å². The lowest BCUT2D eigenvalue weighted by atomic mass is 9.99. The van der Waals surface area contributed by atoms with Gasteiger partial charge >= 0.3 is 0 Å². The minimum Gasteiger partial charge on any atom is -0.454 e. The molecule has 0 radical (unpaired) electrons. The Morgan fingerprint density at radius 1 is 0.400 bits per heavy atom. The van der Waals surface area contributed by atoms with Crippen molar-refractivity contribution in [3.05, 3.63) is 146 Å². The largest absolute Gasteiger partial charge is 0.454 e. The van der Waals surface area contributed by atoms with Crippen LogP contribution in [0.1, 0.15) is 0 Å². The standard InChI is InChI=1S/C40H24N4O/c1-2-10-27(11-3-1)38-42-39(32-17-15-26-9-5-7-13-29(26)21-32)44-40(43-38)34-23-41-24-36-37(34)33-19-18-31(22-35(33)45-36)30-16-14-25-8-4-6-12-28(25)20-30/h1-24H. The molecule has 0 fully saturated rings. The molecule has 0 saturated heterocycles. The third kappa shape index (κ3) is 4.41. The molecule has 0 aliphatic rings. The molecule has 6 aromatic carbocycles. The second kappa shape index (κ2) is 10.2. The van der Waals surface area contributed by atoms with E-state index in [-0.39, 0.29) is 0 Å². The number of rotatable bonds is 4. The zero-order chi connectivity index (χ0) is 29.7. The van der Waals surface area contributed by atoms with Crippen LogP contribution in [0.25, 0.3) is 88.8 Å². The summed E-state index contributed by atoms with van der Waals surface area (Å²) in [5.74, 6) is 1.76. The molecule has 0 spiro atoms. The molecule has 0 N–H and O–H groups in total. The second-order valence-corrected chi connectivity index (χ2v) is 11.2. The molecule has 45 heavy (non-hydrogen) atoms. The van der Waals surface area contributed by atoms with Crippen LogP contribution in [0.2, 0.25) is 0 Å². The minimum atomic E-state index is 0.548. The molecule has 0 saturated carbocycles. The lowest BCUT2D eigenvalue weighted by molar-refractivity contribution is 0.667. The van der Waals surface area contributed by atoms with Crippen molar-refractivity contribution in [1.29, 1.82) is 0 Å². The Morgan fingerprint density at radius 3 is 1.73 bits per heavy atom. The van der Waals surface area contributed by atoms with Gasteiger partial charge in [-0.15, -0.1) is 0 Å². The van der Waals surface area contributed by atoms with Gasteiger partial charge in [0.05, 0.1) is 6.20 Å². The van der Waals surface area contributed by atoms with Crippen LogP contribution in [0.5, 0.6) is 0 Å². The summed E-state index contributed by atoms with van der Waals surface area (Å²) in [5.41, 5.74) is 6.34. The van der Waals surface area contributed by atoms with Crippen molar-refractivity contribution in [3.8, 4) is 45.3 Å². The first-order valence-electron chi connectivity index (χ1n) is 14.9. The molecule has 9 aromatic rings. The topological polar surface area (TPSA) is 64.7 Å². The average molecular weight is 577 g/mol. The van der Waals surface area contributed by atoms with Crippen molar-refractivity contribution in [2.24, 2.45) is 0 Å². The maximum Gasteiger partial charge on any atom is 0.166 e. The van der Waals surface area contributed by atoms with Crippen LogP contribution < -0.4 is 0 Å². The van der Waals surface area contributed by atoms with Crippen molar-refractivity contribution in [1.82, 2.24) is 19.9 Å². The normalized spacial score (nSPS) is 11.6. The van der Waals surface area contributed by atoms with Gasteiger partial charge in [0.2, 0.25) is 0 Å². The van der Waals surface area contributed by atoms with E-state index in [4.69, 9.17) is 19.4 Å². The second-order valence-electron chi connectivity index (χ2n) is 11.2. The maximum absolute atomic E-state index is 6.41. The molecule has 5 heteroatoms. The lowest BCUT2D eigenvalue weighted by Gasteiger charge is -2.09. The monoisotopic (exact) mass is 576 g/mol. The first-order valence-corrected chi connectivity index (χ1v) is 14.9. The predicted octanol–water partition coefficient (Wildman–Crippen LogP) is 10.1. The highest BCUT2D eigenvalue weighted by Crippen LogP contribution is 2.38. The number of aromatic nitrogens is 4. The summed E-state index contributed by atoms with van der Waals surface area (Å²) in [4.78, 5) is 19.5. The van der Waals surface area contributed by atoms with Gasteiger partial charge in [0, 0.05) is 33.7 Å². The molecule has 9 rings (SSSR count). The number of pyridine rings is 1. The van der Waals surface area contributed by atoms with E-state index in [2.05, 4.69) is 96.0 Å². The van der Waals surface area contributed by atoms with Crippen LogP contribution in [-0.4, -0.2) is 19.9 Å². The highest BCUT2D eigenvalue weighted by molar-refractivity contribution is 6.12. The van der Waals surface area contributed by atoms with Crippen LogP contribution in [-0.2, 0) is 0 Å². The molecule has 210 valence electrons.